The molecule has 2 N–H and O–H groups in total. The van der Waals surface area contributed by atoms with E-state index in [0.29, 0.717) is 13.0 Å². The van der Waals surface area contributed by atoms with E-state index in [2.05, 4.69) is 5.32 Å². The van der Waals surface area contributed by atoms with Gasteiger partial charge in [-0.2, -0.15) is 0 Å². The quantitative estimate of drug-likeness (QED) is 0.693. The Morgan fingerprint density at radius 1 is 1.59 bits per heavy atom. The molecule has 98 valence electrons. The average Bonchev–Trinajstić information content (AvgIpc) is 2.29. The second-order valence-electron chi connectivity index (χ2n) is 4.20. The molecule has 0 radical (unpaired) electrons. The summed E-state index contributed by atoms with van der Waals surface area (Å²) in [6, 6.07) is 0.110. The molecular weight excluding hydrogens is 224 g/mol. The molecule has 1 heterocycles. The van der Waals surface area contributed by atoms with Crippen LogP contribution in [-0.2, 0) is 14.3 Å². The third kappa shape index (κ3) is 4.32. The number of carbonyl (C=O) groups excluding carboxylic acids is 1. The normalized spacial score (nSPS) is 22.2. The Morgan fingerprint density at radius 3 is 2.88 bits per heavy atom. The van der Waals surface area contributed by atoms with E-state index < -0.39 is 12.1 Å². The van der Waals surface area contributed by atoms with Crippen LogP contribution in [0.1, 0.15) is 20.3 Å². The Bertz CT molecular complexity index is 283. The number of carboxylic acid groups (broad SMARTS) is 1. The highest BCUT2D eigenvalue weighted by atomic mass is 16.5. The van der Waals surface area contributed by atoms with E-state index in [1.807, 2.05) is 13.8 Å². The molecule has 1 saturated heterocycles. The number of hydrogen-bond donors (Lipinski definition) is 2. The molecule has 0 aromatic carbocycles. The van der Waals surface area contributed by atoms with Crippen molar-refractivity contribution in [1.82, 2.24) is 10.2 Å². The van der Waals surface area contributed by atoms with Gasteiger partial charge in [0.15, 0.2) is 6.10 Å². The van der Waals surface area contributed by atoms with Gasteiger partial charge in [-0.05, 0) is 13.5 Å². The van der Waals surface area contributed by atoms with Crippen molar-refractivity contribution in [1.29, 1.82) is 0 Å². The lowest BCUT2D eigenvalue weighted by Gasteiger charge is -2.31. The Morgan fingerprint density at radius 2 is 2.29 bits per heavy atom. The molecule has 17 heavy (non-hydrogen) atoms. The summed E-state index contributed by atoms with van der Waals surface area (Å²) in [6.45, 7) is 5.65. The van der Waals surface area contributed by atoms with Gasteiger partial charge in [0, 0.05) is 19.0 Å². The molecule has 2 unspecified atom stereocenters. The molecule has 1 aliphatic rings. The van der Waals surface area contributed by atoms with Gasteiger partial charge in [0.2, 0.25) is 5.91 Å². The van der Waals surface area contributed by atoms with Crippen LogP contribution in [0.4, 0.5) is 0 Å². The number of morpholine rings is 1. The maximum atomic E-state index is 11.9. The predicted octanol–water partition coefficient (Wildman–Crippen LogP) is -0.313. The smallest absolute Gasteiger partial charge is 0.334 e. The molecule has 0 aliphatic carbocycles. The van der Waals surface area contributed by atoms with Crippen LogP contribution >= 0.6 is 0 Å². The molecule has 6 nitrogen and oxygen atoms in total. The standard InChI is InChI=1S/C11H20N2O4/c1-3-12-8(2)6-10(14)13-4-5-17-9(7-13)11(15)16/h8-9,12H,3-7H2,1-2H3,(H,15,16). The number of nitrogens with zero attached hydrogens (tertiary/aromatic N) is 1. The van der Waals surface area contributed by atoms with Crippen LogP contribution in [0.5, 0.6) is 0 Å². The Hall–Kier alpha value is -1.14. The van der Waals surface area contributed by atoms with Crippen LogP contribution in [0.3, 0.4) is 0 Å². The van der Waals surface area contributed by atoms with Crippen LogP contribution in [0, 0.1) is 0 Å². The third-order valence-electron chi connectivity index (χ3n) is 2.73. The minimum absolute atomic E-state index is 0.0204. The molecule has 0 bridgehead atoms. The molecule has 2 atom stereocenters. The van der Waals surface area contributed by atoms with E-state index in [1.54, 1.807) is 4.90 Å². The number of carboxylic acids is 1. The van der Waals surface area contributed by atoms with Crippen molar-refractivity contribution in [3.8, 4) is 0 Å². The zero-order valence-corrected chi connectivity index (χ0v) is 10.3. The SMILES string of the molecule is CCNC(C)CC(=O)N1CCOC(C(=O)O)C1. The molecule has 0 saturated carbocycles. The topological polar surface area (TPSA) is 78.9 Å². The van der Waals surface area contributed by atoms with E-state index in [0.717, 1.165) is 6.54 Å². The van der Waals surface area contributed by atoms with Crippen molar-refractivity contribution < 1.29 is 19.4 Å². The Kier molecular flexibility index (Phi) is 5.37. The van der Waals surface area contributed by atoms with Gasteiger partial charge >= 0.3 is 5.97 Å². The van der Waals surface area contributed by atoms with Crippen molar-refractivity contribution in [2.45, 2.75) is 32.4 Å². The van der Waals surface area contributed by atoms with Crippen LogP contribution in [0.25, 0.3) is 0 Å². The fourth-order valence-electron chi connectivity index (χ4n) is 1.84. The highest BCUT2D eigenvalue weighted by Gasteiger charge is 2.29. The van der Waals surface area contributed by atoms with E-state index in [1.165, 1.54) is 0 Å². The van der Waals surface area contributed by atoms with Crippen molar-refractivity contribution in [2.75, 3.05) is 26.2 Å². The van der Waals surface area contributed by atoms with Crippen molar-refractivity contribution >= 4 is 11.9 Å². The van der Waals surface area contributed by atoms with E-state index >= 15 is 0 Å². The maximum absolute atomic E-state index is 11.9. The molecular formula is C11H20N2O4. The fourth-order valence-corrected chi connectivity index (χ4v) is 1.84. The van der Waals surface area contributed by atoms with Crippen molar-refractivity contribution in [3.63, 3.8) is 0 Å². The highest BCUT2D eigenvalue weighted by molar-refractivity contribution is 5.79. The third-order valence-corrected chi connectivity index (χ3v) is 2.73. The highest BCUT2D eigenvalue weighted by Crippen LogP contribution is 2.08. The second-order valence-corrected chi connectivity index (χ2v) is 4.20. The zero-order valence-electron chi connectivity index (χ0n) is 10.3. The second kappa shape index (κ2) is 6.56. The van der Waals surface area contributed by atoms with Gasteiger partial charge in [0.05, 0.1) is 13.2 Å². The molecule has 6 heteroatoms. The predicted molar refractivity (Wildman–Crippen MR) is 61.7 cm³/mol. The fraction of sp³-hybridized carbons (Fsp3) is 0.818. The summed E-state index contributed by atoms with van der Waals surface area (Å²) in [6.07, 6.45) is -0.498. The van der Waals surface area contributed by atoms with Crippen LogP contribution in [0.2, 0.25) is 0 Å². The van der Waals surface area contributed by atoms with Gasteiger partial charge in [0.25, 0.3) is 0 Å². The summed E-state index contributed by atoms with van der Waals surface area (Å²) in [5, 5.41) is 12.0. The lowest BCUT2D eigenvalue weighted by molar-refractivity contribution is -0.159. The molecule has 1 amide bonds. The van der Waals surface area contributed by atoms with Crippen LogP contribution in [-0.4, -0.2) is 60.3 Å². The number of ether oxygens (including phenoxy) is 1. The summed E-state index contributed by atoms with van der Waals surface area (Å²) < 4.78 is 5.06. The first-order valence-corrected chi connectivity index (χ1v) is 5.90. The number of rotatable bonds is 5. The minimum Gasteiger partial charge on any atom is -0.479 e. The van der Waals surface area contributed by atoms with Gasteiger partial charge in [-0.1, -0.05) is 6.92 Å². The zero-order chi connectivity index (χ0) is 12.8. The number of aliphatic carboxylic acids is 1. The molecule has 1 rings (SSSR count). The lowest BCUT2D eigenvalue weighted by Crippen LogP contribution is -2.49. The monoisotopic (exact) mass is 244 g/mol. The number of nitrogens with one attached hydrogen (secondary N) is 1. The average molecular weight is 244 g/mol. The maximum Gasteiger partial charge on any atom is 0.334 e. The van der Waals surface area contributed by atoms with E-state index in [9.17, 15) is 9.59 Å². The Balaban J connectivity index is 2.43. The summed E-state index contributed by atoms with van der Waals surface area (Å²) >= 11 is 0. The van der Waals surface area contributed by atoms with Gasteiger partial charge in [0.1, 0.15) is 0 Å². The molecule has 1 fully saturated rings. The van der Waals surface area contributed by atoms with Gasteiger partial charge in [-0.3, -0.25) is 4.79 Å². The molecule has 0 spiro atoms. The summed E-state index contributed by atoms with van der Waals surface area (Å²) in [5.41, 5.74) is 0. The van der Waals surface area contributed by atoms with Gasteiger partial charge < -0.3 is 20.1 Å². The van der Waals surface area contributed by atoms with E-state index in [4.69, 9.17) is 9.84 Å². The number of carbonyl (C=O) groups is 2. The number of hydrogen-bond acceptors (Lipinski definition) is 4. The van der Waals surface area contributed by atoms with Crippen LogP contribution in [0.15, 0.2) is 0 Å². The van der Waals surface area contributed by atoms with Gasteiger partial charge in [-0.15, -0.1) is 0 Å². The van der Waals surface area contributed by atoms with Crippen LogP contribution < -0.4 is 5.32 Å². The first-order valence-electron chi connectivity index (χ1n) is 5.90. The van der Waals surface area contributed by atoms with Gasteiger partial charge in [-0.25, -0.2) is 4.79 Å². The molecule has 0 aromatic rings. The van der Waals surface area contributed by atoms with Crippen molar-refractivity contribution in [2.24, 2.45) is 0 Å². The number of amides is 1. The minimum atomic E-state index is -1.01. The lowest BCUT2D eigenvalue weighted by atomic mass is 10.2. The van der Waals surface area contributed by atoms with Crippen molar-refractivity contribution in [3.05, 3.63) is 0 Å². The summed E-state index contributed by atoms with van der Waals surface area (Å²) in [7, 11) is 0. The first-order chi connectivity index (χ1) is 8.04. The first kappa shape index (κ1) is 13.9. The summed E-state index contributed by atoms with van der Waals surface area (Å²) in [5.74, 6) is -1.03. The largest absolute Gasteiger partial charge is 0.479 e. The summed E-state index contributed by atoms with van der Waals surface area (Å²) in [4.78, 5) is 24.2. The van der Waals surface area contributed by atoms with E-state index in [-0.39, 0.29) is 25.1 Å². The molecule has 0 aromatic heterocycles. The Labute approximate surface area is 101 Å². The molecule has 1 aliphatic heterocycles.